The van der Waals surface area contributed by atoms with E-state index in [4.69, 9.17) is 25.8 Å². The molecule has 2 aromatic carbocycles. The third kappa shape index (κ3) is 6.82. The molecular weight excluding hydrogens is 470 g/mol. The molecule has 0 aliphatic rings. The van der Waals surface area contributed by atoms with Gasteiger partial charge in [0.1, 0.15) is 22.6 Å². The Labute approximate surface area is 200 Å². The summed E-state index contributed by atoms with van der Waals surface area (Å²) in [7, 11) is 2.90. The number of carbonyl (C=O) groups excluding carboxylic acids is 3. The zero-order valence-electron chi connectivity index (χ0n) is 18.9. The molecule has 0 aliphatic heterocycles. The van der Waals surface area contributed by atoms with E-state index in [9.17, 15) is 24.5 Å². The zero-order chi connectivity index (χ0) is 25.4. The predicted octanol–water partition coefficient (Wildman–Crippen LogP) is 3.20. The summed E-state index contributed by atoms with van der Waals surface area (Å²) in [5.41, 5.74) is -0.180. The largest absolute Gasteiger partial charge is 0.497 e. The van der Waals surface area contributed by atoms with E-state index >= 15 is 0 Å². The Morgan fingerprint density at radius 1 is 1.09 bits per heavy atom. The molecule has 34 heavy (non-hydrogen) atoms. The average Bonchev–Trinajstić information content (AvgIpc) is 2.80. The first kappa shape index (κ1) is 26.4. The number of halogens is 1. The molecule has 0 saturated carbocycles. The Hall–Kier alpha value is -3.86. The molecule has 2 rings (SSSR count). The number of nitrogens with one attached hydrogen (secondary N) is 2. The second kappa shape index (κ2) is 11.8. The van der Waals surface area contributed by atoms with E-state index in [2.05, 4.69) is 10.6 Å². The van der Waals surface area contributed by atoms with E-state index < -0.39 is 47.0 Å². The standard InChI is InChI=1S/C22H24ClN3O8/c1-12(2)20(25-21(28)13-5-7-15(23)17(9-13)26(30)31)22(29)34-11-19(27)24-16-10-14(32-3)6-8-18(16)33-4/h5-10,12,20H,11H2,1-4H3,(H,24,27)(H,25,28)/t20-/m0/s1. The van der Waals surface area contributed by atoms with Gasteiger partial charge in [-0.3, -0.25) is 19.7 Å². The van der Waals surface area contributed by atoms with Crippen molar-refractivity contribution in [2.75, 3.05) is 26.1 Å². The van der Waals surface area contributed by atoms with Crippen molar-refractivity contribution in [3.05, 3.63) is 57.1 Å². The fourth-order valence-electron chi connectivity index (χ4n) is 2.84. The minimum atomic E-state index is -1.11. The SMILES string of the molecule is COc1ccc(OC)c(NC(=O)COC(=O)[C@@H](NC(=O)c2ccc(Cl)c([N+](=O)[O-])c2)C(C)C)c1. The fourth-order valence-corrected chi connectivity index (χ4v) is 3.03. The summed E-state index contributed by atoms with van der Waals surface area (Å²) in [6.45, 7) is 2.71. The fraction of sp³-hybridized carbons (Fsp3) is 0.318. The van der Waals surface area contributed by atoms with Gasteiger partial charge < -0.3 is 24.8 Å². The highest BCUT2D eigenvalue weighted by Gasteiger charge is 2.28. The Kier molecular flexibility index (Phi) is 9.19. The van der Waals surface area contributed by atoms with Crippen molar-refractivity contribution in [1.29, 1.82) is 0 Å². The number of nitro groups is 1. The summed E-state index contributed by atoms with van der Waals surface area (Å²) in [6, 6.07) is 7.21. The van der Waals surface area contributed by atoms with Crippen LogP contribution in [0, 0.1) is 16.0 Å². The number of rotatable bonds is 10. The molecule has 0 aromatic heterocycles. The normalized spacial score (nSPS) is 11.4. The summed E-state index contributed by atoms with van der Waals surface area (Å²) in [6.07, 6.45) is 0. The molecule has 0 unspecified atom stereocenters. The molecule has 0 radical (unpaired) electrons. The number of carbonyl (C=O) groups is 3. The number of hydrogen-bond acceptors (Lipinski definition) is 8. The molecule has 0 aliphatic carbocycles. The van der Waals surface area contributed by atoms with Crippen molar-refractivity contribution < 1.29 is 33.5 Å². The molecule has 11 nitrogen and oxygen atoms in total. The quantitative estimate of drug-likeness (QED) is 0.291. The minimum absolute atomic E-state index is 0.0580. The maximum Gasteiger partial charge on any atom is 0.329 e. The van der Waals surface area contributed by atoms with Gasteiger partial charge in [-0.25, -0.2) is 4.79 Å². The van der Waals surface area contributed by atoms with Crippen molar-refractivity contribution in [3.63, 3.8) is 0 Å². The lowest BCUT2D eigenvalue weighted by molar-refractivity contribution is -0.384. The van der Waals surface area contributed by atoms with Crippen LogP contribution < -0.4 is 20.1 Å². The number of benzene rings is 2. The number of ether oxygens (including phenoxy) is 3. The van der Waals surface area contributed by atoms with Crippen molar-refractivity contribution in [3.8, 4) is 11.5 Å². The number of methoxy groups -OCH3 is 2. The van der Waals surface area contributed by atoms with Gasteiger partial charge in [-0.1, -0.05) is 25.4 Å². The van der Waals surface area contributed by atoms with Crippen LogP contribution in [-0.4, -0.2) is 49.6 Å². The first-order valence-corrected chi connectivity index (χ1v) is 10.4. The van der Waals surface area contributed by atoms with Crippen LogP contribution in [0.2, 0.25) is 5.02 Å². The summed E-state index contributed by atoms with van der Waals surface area (Å²) in [4.78, 5) is 47.8. The van der Waals surface area contributed by atoms with Crippen LogP contribution in [0.1, 0.15) is 24.2 Å². The van der Waals surface area contributed by atoms with Crippen LogP contribution in [0.15, 0.2) is 36.4 Å². The minimum Gasteiger partial charge on any atom is -0.497 e. The van der Waals surface area contributed by atoms with Gasteiger partial charge in [0.15, 0.2) is 6.61 Å². The highest BCUT2D eigenvalue weighted by molar-refractivity contribution is 6.32. The van der Waals surface area contributed by atoms with E-state index in [-0.39, 0.29) is 10.6 Å². The number of anilines is 1. The summed E-state index contributed by atoms with van der Waals surface area (Å²) in [5.74, 6) is -1.76. The number of hydrogen-bond donors (Lipinski definition) is 2. The Morgan fingerprint density at radius 2 is 1.79 bits per heavy atom. The molecular formula is C22H24ClN3O8. The van der Waals surface area contributed by atoms with Crippen molar-refractivity contribution in [2.24, 2.45) is 5.92 Å². The van der Waals surface area contributed by atoms with E-state index in [1.54, 1.807) is 32.0 Å². The first-order valence-electron chi connectivity index (χ1n) is 10.0. The zero-order valence-corrected chi connectivity index (χ0v) is 19.7. The molecule has 1 atom stereocenters. The molecule has 2 N–H and O–H groups in total. The average molecular weight is 494 g/mol. The lowest BCUT2D eigenvalue weighted by Gasteiger charge is -2.21. The predicted molar refractivity (Wildman–Crippen MR) is 123 cm³/mol. The number of esters is 1. The molecule has 182 valence electrons. The van der Waals surface area contributed by atoms with Gasteiger partial charge in [0.25, 0.3) is 17.5 Å². The Bertz CT molecular complexity index is 1090. The number of nitro benzene ring substituents is 1. The van der Waals surface area contributed by atoms with Crippen LogP contribution in [0.4, 0.5) is 11.4 Å². The van der Waals surface area contributed by atoms with Gasteiger partial charge in [-0.05, 0) is 30.2 Å². The second-order valence-electron chi connectivity index (χ2n) is 7.34. The van der Waals surface area contributed by atoms with Crippen LogP contribution in [0.25, 0.3) is 0 Å². The van der Waals surface area contributed by atoms with Gasteiger partial charge in [-0.2, -0.15) is 0 Å². The van der Waals surface area contributed by atoms with Gasteiger partial charge in [0, 0.05) is 17.7 Å². The van der Waals surface area contributed by atoms with Gasteiger partial charge in [0.05, 0.1) is 24.8 Å². The highest BCUT2D eigenvalue weighted by Crippen LogP contribution is 2.29. The van der Waals surface area contributed by atoms with Crippen molar-refractivity contribution in [2.45, 2.75) is 19.9 Å². The van der Waals surface area contributed by atoms with Crippen molar-refractivity contribution in [1.82, 2.24) is 5.32 Å². The van der Waals surface area contributed by atoms with Crippen LogP contribution in [-0.2, 0) is 14.3 Å². The molecule has 2 amide bonds. The van der Waals surface area contributed by atoms with Crippen LogP contribution >= 0.6 is 11.6 Å². The molecule has 0 fully saturated rings. The molecule has 0 spiro atoms. The summed E-state index contributed by atoms with van der Waals surface area (Å²) >= 11 is 5.77. The van der Waals surface area contributed by atoms with Crippen LogP contribution in [0.5, 0.6) is 11.5 Å². The molecule has 12 heteroatoms. The molecule has 2 aromatic rings. The third-order valence-electron chi connectivity index (χ3n) is 4.64. The number of amides is 2. The molecule has 0 bridgehead atoms. The molecule has 0 heterocycles. The van der Waals surface area contributed by atoms with Crippen molar-refractivity contribution >= 4 is 40.8 Å². The Balaban J connectivity index is 2.04. The number of nitrogens with zero attached hydrogens (tertiary/aromatic N) is 1. The van der Waals surface area contributed by atoms with E-state index in [0.29, 0.717) is 17.2 Å². The van der Waals surface area contributed by atoms with E-state index in [0.717, 1.165) is 6.07 Å². The topological polar surface area (TPSA) is 146 Å². The van der Waals surface area contributed by atoms with Gasteiger partial charge in [-0.15, -0.1) is 0 Å². The smallest absolute Gasteiger partial charge is 0.329 e. The van der Waals surface area contributed by atoms with Gasteiger partial charge in [0.2, 0.25) is 0 Å². The molecule has 0 saturated heterocycles. The summed E-state index contributed by atoms with van der Waals surface area (Å²) < 4.78 is 15.4. The maximum absolute atomic E-state index is 12.6. The highest BCUT2D eigenvalue weighted by atomic mass is 35.5. The Morgan fingerprint density at radius 3 is 2.38 bits per heavy atom. The van der Waals surface area contributed by atoms with E-state index in [1.807, 2.05) is 0 Å². The third-order valence-corrected chi connectivity index (χ3v) is 4.96. The monoisotopic (exact) mass is 493 g/mol. The maximum atomic E-state index is 12.6. The first-order chi connectivity index (χ1) is 16.1. The van der Waals surface area contributed by atoms with E-state index in [1.165, 1.54) is 26.4 Å². The second-order valence-corrected chi connectivity index (χ2v) is 7.75. The van der Waals surface area contributed by atoms with Crippen LogP contribution in [0.3, 0.4) is 0 Å². The summed E-state index contributed by atoms with van der Waals surface area (Å²) in [5, 5.41) is 16.0. The van der Waals surface area contributed by atoms with Gasteiger partial charge >= 0.3 is 5.97 Å². The lowest BCUT2D eigenvalue weighted by atomic mass is 10.0. The lowest BCUT2D eigenvalue weighted by Crippen LogP contribution is -2.46.